The maximum absolute atomic E-state index is 12.6. The number of para-hydroxylation sites is 2. The summed E-state index contributed by atoms with van der Waals surface area (Å²) in [4.78, 5) is 14.2. The molecule has 0 aliphatic rings. The number of hydrogen-bond donors (Lipinski definition) is 1. The molecule has 1 N–H and O–H groups in total. The summed E-state index contributed by atoms with van der Waals surface area (Å²) in [6.45, 7) is 2.23. The lowest BCUT2D eigenvalue weighted by Crippen LogP contribution is -2.40. The molecule has 0 aliphatic heterocycles. The van der Waals surface area contributed by atoms with E-state index < -0.39 is 10.8 Å². The van der Waals surface area contributed by atoms with E-state index in [1.165, 1.54) is 0 Å². The molecule has 0 saturated heterocycles. The molecule has 22 heavy (non-hydrogen) atoms. The second kappa shape index (κ2) is 7.75. The van der Waals surface area contributed by atoms with E-state index in [0.29, 0.717) is 6.54 Å². The second-order valence-corrected chi connectivity index (χ2v) is 6.80. The number of amides is 2. The van der Waals surface area contributed by atoms with Crippen LogP contribution in [0, 0.1) is 0 Å². The molecule has 116 valence electrons. The number of rotatable bonds is 5. The average molecular weight is 316 g/mol. The van der Waals surface area contributed by atoms with Gasteiger partial charge in [0.05, 0.1) is 11.4 Å². The van der Waals surface area contributed by atoms with Gasteiger partial charge in [0.1, 0.15) is 0 Å². The highest BCUT2D eigenvalue weighted by molar-refractivity contribution is 7.84. The van der Waals surface area contributed by atoms with Gasteiger partial charge in [-0.2, -0.15) is 0 Å². The van der Waals surface area contributed by atoms with Crippen molar-refractivity contribution in [2.75, 3.05) is 17.7 Å². The van der Waals surface area contributed by atoms with Crippen LogP contribution in [0.15, 0.2) is 60.7 Å². The normalized spacial score (nSPS) is 13.2. The van der Waals surface area contributed by atoms with E-state index in [9.17, 15) is 9.00 Å². The Morgan fingerprint density at radius 1 is 1.05 bits per heavy atom. The minimum Gasteiger partial charge on any atom is -0.336 e. The van der Waals surface area contributed by atoms with Gasteiger partial charge in [0.2, 0.25) is 0 Å². The van der Waals surface area contributed by atoms with Gasteiger partial charge in [-0.15, -0.1) is 0 Å². The van der Waals surface area contributed by atoms with Crippen molar-refractivity contribution in [3.05, 3.63) is 60.7 Å². The lowest BCUT2D eigenvalue weighted by Gasteiger charge is -2.24. The van der Waals surface area contributed by atoms with Gasteiger partial charge in [0.15, 0.2) is 0 Å². The van der Waals surface area contributed by atoms with Crippen molar-refractivity contribution >= 4 is 28.2 Å². The molecule has 2 rings (SSSR count). The van der Waals surface area contributed by atoms with Crippen LogP contribution >= 0.6 is 0 Å². The molecule has 2 atom stereocenters. The van der Waals surface area contributed by atoms with Crippen LogP contribution in [0.2, 0.25) is 0 Å². The smallest absolute Gasteiger partial charge is 0.326 e. The van der Waals surface area contributed by atoms with Gasteiger partial charge >= 0.3 is 6.03 Å². The summed E-state index contributed by atoms with van der Waals surface area (Å²) in [6, 6.07) is 18.7. The standard InChI is InChI=1S/C17H20N2O2S/c1-14(22(2)21)13-18-17(20)19(15-9-5-3-6-10-15)16-11-7-4-8-12-16/h3-12,14H,13H2,1-2H3,(H,18,20). The van der Waals surface area contributed by atoms with Gasteiger partial charge in [0, 0.05) is 28.9 Å². The molecule has 5 heteroatoms. The number of nitrogens with one attached hydrogen (secondary N) is 1. The number of carbonyl (C=O) groups excluding carboxylic acids is 1. The molecule has 4 nitrogen and oxygen atoms in total. The molecule has 2 amide bonds. The molecular formula is C17H20N2O2S. The SMILES string of the molecule is CC(CNC(=O)N(c1ccccc1)c1ccccc1)S(C)=O. The minimum atomic E-state index is -0.962. The molecule has 0 bridgehead atoms. The number of nitrogens with zero attached hydrogens (tertiary/aromatic N) is 1. The summed E-state index contributed by atoms with van der Waals surface area (Å²) in [7, 11) is -0.962. The van der Waals surface area contributed by atoms with Crippen molar-refractivity contribution in [3.8, 4) is 0 Å². The Kier molecular flexibility index (Phi) is 5.72. The van der Waals surface area contributed by atoms with Gasteiger partial charge in [-0.1, -0.05) is 36.4 Å². The monoisotopic (exact) mass is 316 g/mol. The Morgan fingerprint density at radius 2 is 1.50 bits per heavy atom. The number of hydrogen-bond acceptors (Lipinski definition) is 2. The average Bonchev–Trinajstić information content (AvgIpc) is 2.54. The first-order valence-electron chi connectivity index (χ1n) is 7.10. The van der Waals surface area contributed by atoms with Crippen LogP contribution in [0.25, 0.3) is 0 Å². The third-order valence-electron chi connectivity index (χ3n) is 3.34. The second-order valence-electron chi connectivity index (χ2n) is 5.00. The number of benzene rings is 2. The zero-order chi connectivity index (χ0) is 15.9. The van der Waals surface area contributed by atoms with Crippen molar-refractivity contribution in [1.82, 2.24) is 5.32 Å². The lowest BCUT2D eigenvalue weighted by atomic mass is 10.2. The van der Waals surface area contributed by atoms with E-state index in [-0.39, 0.29) is 11.3 Å². The highest BCUT2D eigenvalue weighted by Gasteiger charge is 2.18. The van der Waals surface area contributed by atoms with E-state index in [1.807, 2.05) is 67.6 Å². The van der Waals surface area contributed by atoms with Gasteiger partial charge in [-0.3, -0.25) is 9.11 Å². The van der Waals surface area contributed by atoms with Crippen LogP contribution in [0.4, 0.5) is 16.2 Å². The van der Waals surface area contributed by atoms with Gasteiger partial charge in [0.25, 0.3) is 0 Å². The minimum absolute atomic E-state index is 0.0858. The van der Waals surface area contributed by atoms with Crippen LogP contribution in [0.5, 0.6) is 0 Å². The fourth-order valence-corrected chi connectivity index (χ4v) is 2.28. The topological polar surface area (TPSA) is 49.4 Å². The Balaban J connectivity index is 2.22. The van der Waals surface area contributed by atoms with Gasteiger partial charge < -0.3 is 5.32 Å². The quantitative estimate of drug-likeness (QED) is 0.920. The maximum atomic E-state index is 12.6. The van der Waals surface area contributed by atoms with Crippen LogP contribution in [0.1, 0.15) is 6.92 Å². The van der Waals surface area contributed by atoms with E-state index in [0.717, 1.165) is 11.4 Å². The summed E-state index contributed by atoms with van der Waals surface area (Å²) in [6.07, 6.45) is 1.64. The molecule has 0 aromatic heterocycles. The highest BCUT2D eigenvalue weighted by Crippen LogP contribution is 2.24. The molecule has 2 aromatic carbocycles. The molecule has 0 saturated carbocycles. The molecular weight excluding hydrogens is 296 g/mol. The number of carbonyl (C=O) groups is 1. The number of urea groups is 1. The predicted octanol–water partition coefficient (Wildman–Crippen LogP) is 3.30. The Morgan fingerprint density at radius 3 is 1.91 bits per heavy atom. The molecule has 0 spiro atoms. The van der Waals surface area contributed by atoms with E-state index in [4.69, 9.17) is 0 Å². The summed E-state index contributed by atoms with van der Waals surface area (Å²) in [5.74, 6) is 0. The maximum Gasteiger partial charge on any atom is 0.326 e. The van der Waals surface area contributed by atoms with Gasteiger partial charge in [-0.25, -0.2) is 4.79 Å². The first kappa shape index (κ1) is 16.2. The Labute approximate surface area is 133 Å². The van der Waals surface area contributed by atoms with Gasteiger partial charge in [-0.05, 0) is 31.2 Å². The van der Waals surface area contributed by atoms with E-state index in [1.54, 1.807) is 11.2 Å². The molecule has 0 radical (unpaired) electrons. The molecule has 0 fully saturated rings. The molecule has 0 aliphatic carbocycles. The summed E-state index contributed by atoms with van der Waals surface area (Å²) in [5.41, 5.74) is 1.58. The van der Waals surface area contributed by atoms with E-state index >= 15 is 0 Å². The highest BCUT2D eigenvalue weighted by atomic mass is 32.2. The first-order valence-corrected chi connectivity index (χ1v) is 8.72. The van der Waals surface area contributed by atoms with Crippen molar-refractivity contribution in [2.24, 2.45) is 0 Å². The third kappa shape index (κ3) is 4.18. The largest absolute Gasteiger partial charge is 0.336 e. The lowest BCUT2D eigenvalue weighted by molar-refractivity contribution is 0.248. The summed E-state index contributed by atoms with van der Waals surface area (Å²) in [5, 5.41) is 2.77. The first-order chi connectivity index (χ1) is 10.6. The Bertz CT molecular complexity index is 592. The van der Waals surface area contributed by atoms with E-state index in [2.05, 4.69) is 5.32 Å². The van der Waals surface area contributed by atoms with Crippen molar-refractivity contribution in [1.29, 1.82) is 0 Å². The summed E-state index contributed by atoms with van der Waals surface area (Å²) >= 11 is 0. The van der Waals surface area contributed by atoms with Crippen molar-refractivity contribution in [2.45, 2.75) is 12.2 Å². The van der Waals surface area contributed by atoms with Crippen LogP contribution in [0.3, 0.4) is 0 Å². The third-order valence-corrected chi connectivity index (χ3v) is 4.64. The molecule has 2 unspecified atom stereocenters. The zero-order valence-electron chi connectivity index (χ0n) is 12.7. The predicted molar refractivity (Wildman–Crippen MR) is 92.0 cm³/mol. The Hall–Kier alpha value is -2.14. The number of anilines is 2. The molecule has 0 heterocycles. The fourth-order valence-electron chi connectivity index (χ4n) is 1.97. The van der Waals surface area contributed by atoms with Crippen molar-refractivity contribution < 1.29 is 9.00 Å². The summed E-state index contributed by atoms with van der Waals surface area (Å²) < 4.78 is 11.4. The van der Waals surface area contributed by atoms with Crippen LogP contribution in [-0.4, -0.2) is 28.3 Å². The zero-order valence-corrected chi connectivity index (χ0v) is 13.5. The van der Waals surface area contributed by atoms with Crippen LogP contribution in [-0.2, 0) is 10.8 Å². The van der Waals surface area contributed by atoms with Crippen molar-refractivity contribution in [3.63, 3.8) is 0 Å². The van der Waals surface area contributed by atoms with Crippen LogP contribution < -0.4 is 10.2 Å². The molecule has 2 aromatic rings. The fraction of sp³-hybridized carbons (Fsp3) is 0.235.